The maximum absolute atomic E-state index is 12.5. The van der Waals surface area contributed by atoms with Crippen LogP contribution in [0.15, 0.2) is 42.5 Å². The first kappa shape index (κ1) is 16.8. The Morgan fingerprint density at radius 1 is 0.958 bits per heavy atom. The Morgan fingerprint density at radius 3 is 2.33 bits per heavy atom. The number of rotatable bonds is 3. The fraction of sp³-hybridized carbons (Fsp3) is 0.389. The Balaban J connectivity index is 1.62. The van der Waals surface area contributed by atoms with Gasteiger partial charge in [-0.05, 0) is 16.3 Å². The second-order valence-corrected chi connectivity index (χ2v) is 6.09. The Hall–Kier alpha value is -2.08. The van der Waals surface area contributed by atoms with Crippen molar-refractivity contribution in [3.05, 3.63) is 48.0 Å². The number of piperazine rings is 1. The number of amides is 1. The fourth-order valence-corrected chi connectivity index (χ4v) is 3.13. The third-order valence-corrected chi connectivity index (χ3v) is 4.35. The number of alkyl halides is 3. The summed E-state index contributed by atoms with van der Waals surface area (Å²) in [5.74, 6) is -0.0296. The maximum atomic E-state index is 12.5. The lowest BCUT2D eigenvalue weighted by Crippen LogP contribution is -2.51. The molecule has 1 fully saturated rings. The predicted octanol–water partition coefficient (Wildman–Crippen LogP) is 3.09. The molecule has 0 radical (unpaired) electrons. The standard InChI is InChI=1S/C18H19F3N2O/c19-18(20,21)13-22-8-10-23(11-9-22)17(24)12-15-6-3-5-14-4-1-2-7-16(14)15/h1-7H,8-13H2. The summed E-state index contributed by atoms with van der Waals surface area (Å²) >= 11 is 0. The molecule has 1 amide bonds. The molecule has 0 aromatic heterocycles. The van der Waals surface area contributed by atoms with Crippen LogP contribution in [0, 0.1) is 0 Å². The molecule has 3 rings (SSSR count). The number of carbonyl (C=O) groups excluding carboxylic acids is 1. The molecule has 1 aliphatic rings. The first-order valence-corrected chi connectivity index (χ1v) is 7.96. The smallest absolute Gasteiger partial charge is 0.340 e. The van der Waals surface area contributed by atoms with E-state index in [1.54, 1.807) is 4.90 Å². The van der Waals surface area contributed by atoms with E-state index in [9.17, 15) is 18.0 Å². The van der Waals surface area contributed by atoms with Gasteiger partial charge in [0.05, 0.1) is 13.0 Å². The van der Waals surface area contributed by atoms with Gasteiger partial charge in [0.2, 0.25) is 5.91 Å². The van der Waals surface area contributed by atoms with Crippen molar-refractivity contribution in [3.8, 4) is 0 Å². The molecule has 1 aliphatic heterocycles. The van der Waals surface area contributed by atoms with Crippen molar-refractivity contribution >= 4 is 16.7 Å². The van der Waals surface area contributed by atoms with Crippen molar-refractivity contribution in [1.29, 1.82) is 0 Å². The number of halogens is 3. The van der Waals surface area contributed by atoms with Crippen molar-refractivity contribution in [2.24, 2.45) is 0 Å². The summed E-state index contributed by atoms with van der Waals surface area (Å²) in [6.07, 6.45) is -3.91. The third-order valence-electron chi connectivity index (χ3n) is 4.35. The van der Waals surface area contributed by atoms with Gasteiger partial charge in [0, 0.05) is 26.2 Å². The number of nitrogens with zero attached hydrogens (tertiary/aromatic N) is 2. The minimum absolute atomic E-state index is 0.0296. The minimum atomic E-state index is -4.19. The topological polar surface area (TPSA) is 23.6 Å². The second-order valence-electron chi connectivity index (χ2n) is 6.09. The molecule has 0 saturated carbocycles. The molecular weight excluding hydrogens is 317 g/mol. The average Bonchev–Trinajstić information content (AvgIpc) is 2.54. The molecule has 0 N–H and O–H groups in total. The Morgan fingerprint density at radius 2 is 1.62 bits per heavy atom. The summed E-state index contributed by atoms with van der Waals surface area (Å²) in [7, 11) is 0. The lowest BCUT2D eigenvalue weighted by Gasteiger charge is -2.35. The summed E-state index contributed by atoms with van der Waals surface area (Å²) in [5, 5.41) is 2.13. The highest BCUT2D eigenvalue weighted by Crippen LogP contribution is 2.20. The SMILES string of the molecule is O=C(Cc1cccc2ccccc12)N1CCN(CC(F)(F)F)CC1. The number of hydrogen-bond acceptors (Lipinski definition) is 2. The minimum Gasteiger partial charge on any atom is -0.340 e. The number of carbonyl (C=O) groups is 1. The third kappa shape index (κ3) is 4.06. The zero-order chi connectivity index (χ0) is 17.2. The van der Waals surface area contributed by atoms with Gasteiger partial charge < -0.3 is 4.90 Å². The van der Waals surface area contributed by atoms with E-state index < -0.39 is 12.7 Å². The van der Waals surface area contributed by atoms with Crippen LogP contribution in [-0.4, -0.2) is 54.6 Å². The van der Waals surface area contributed by atoms with E-state index in [4.69, 9.17) is 0 Å². The van der Waals surface area contributed by atoms with Crippen LogP contribution < -0.4 is 0 Å². The zero-order valence-corrected chi connectivity index (χ0v) is 13.2. The van der Waals surface area contributed by atoms with Crippen LogP contribution in [0.3, 0.4) is 0 Å². The van der Waals surface area contributed by atoms with E-state index in [1.165, 1.54) is 4.90 Å². The summed E-state index contributed by atoms with van der Waals surface area (Å²) < 4.78 is 37.2. The summed E-state index contributed by atoms with van der Waals surface area (Å²) in [4.78, 5) is 15.5. The largest absolute Gasteiger partial charge is 0.401 e. The average molecular weight is 336 g/mol. The van der Waals surface area contributed by atoms with Crippen molar-refractivity contribution in [3.63, 3.8) is 0 Å². The van der Waals surface area contributed by atoms with Gasteiger partial charge >= 0.3 is 6.18 Å². The molecule has 0 bridgehead atoms. The Bertz CT molecular complexity index is 716. The predicted molar refractivity (Wildman–Crippen MR) is 86.7 cm³/mol. The molecule has 0 unspecified atom stereocenters. The van der Waals surface area contributed by atoms with E-state index in [2.05, 4.69) is 0 Å². The summed E-state index contributed by atoms with van der Waals surface area (Å²) in [6.45, 7) is 0.319. The van der Waals surface area contributed by atoms with Crippen LogP contribution in [0.25, 0.3) is 10.8 Å². The van der Waals surface area contributed by atoms with Crippen LogP contribution in [0.2, 0.25) is 0 Å². The van der Waals surface area contributed by atoms with E-state index >= 15 is 0 Å². The molecule has 3 nitrogen and oxygen atoms in total. The van der Waals surface area contributed by atoms with Gasteiger partial charge in [0.1, 0.15) is 0 Å². The first-order valence-electron chi connectivity index (χ1n) is 7.96. The molecule has 24 heavy (non-hydrogen) atoms. The van der Waals surface area contributed by atoms with Crippen LogP contribution >= 0.6 is 0 Å². The number of hydrogen-bond donors (Lipinski definition) is 0. The molecule has 0 aliphatic carbocycles. The Kier molecular flexibility index (Phi) is 4.76. The number of benzene rings is 2. The molecule has 6 heteroatoms. The Labute approximate surface area is 138 Å². The van der Waals surface area contributed by atoms with Gasteiger partial charge in [0.25, 0.3) is 0 Å². The van der Waals surface area contributed by atoms with Crippen molar-refractivity contribution < 1.29 is 18.0 Å². The van der Waals surface area contributed by atoms with E-state index in [0.717, 1.165) is 16.3 Å². The van der Waals surface area contributed by atoms with Gasteiger partial charge in [-0.15, -0.1) is 0 Å². The highest BCUT2D eigenvalue weighted by Gasteiger charge is 2.32. The van der Waals surface area contributed by atoms with Crippen LogP contribution in [0.4, 0.5) is 13.2 Å². The normalized spacial score (nSPS) is 16.5. The molecule has 1 saturated heterocycles. The summed E-state index contributed by atoms with van der Waals surface area (Å²) in [5.41, 5.74) is 0.954. The van der Waals surface area contributed by atoms with Crippen LogP contribution in [-0.2, 0) is 11.2 Å². The van der Waals surface area contributed by atoms with Gasteiger partial charge in [-0.3, -0.25) is 9.69 Å². The molecule has 1 heterocycles. The monoisotopic (exact) mass is 336 g/mol. The molecule has 0 atom stereocenters. The number of fused-ring (bicyclic) bond motifs is 1. The van der Waals surface area contributed by atoms with Crippen molar-refractivity contribution in [2.45, 2.75) is 12.6 Å². The summed E-state index contributed by atoms with van der Waals surface area (Å²) in [6, 6.07) is 13.7. The van der Waals surface area contributed by atoms with Crippen molar-refractivity contribution in [2.75, 3.05) is 32.7 Å². The van der Waals surface area contributed by atoms with Crippen LogP contribution in [0.5, 0.6) is 0 Å². The van der Waals surface area contributed by atoms with Gasteiger partial charge in [-0.2, -0.15) is 13.2 Å². The van der Waals surface area contributed by atoms with Crippen LogP contribution in [0.1, 0.15) is 5.56 Å². The zero-order valence-electron chi connectivity index (χ0n) is 13.2. The van der Waals surface area contributed by atoms with Gasteiger partial charge in [-0.1, -0.05) is 42.5 Å². The maximum Gasteiger partial charge on any atom is 0.401 e. The highest BCUT2D eigenvalue weighted by molar-refractivity contribution is 5.90. The molecule has 0 spiro atoms. The molecule has 2 aromatic carbocycles. The molecular formula is C18H19F3N2O. The van der Waals surface area contributed by atoms with E-state index in [-0.39, 0.29) is 25.4 Å². The lowest BCUT2D eigenvalue weighted by molar-refractivity contribution is -0.151. The fourth-order valence-electron chi connectivity index (χ4n) is 3.13. The van der Waals surface area contributed by atoms with E-state index in [1.807, 2.05) is 42.5 Å². The quantitative estimate of drug-likeness (QED) is 0.860. The molecule has 128 valence electrons. The molecule has 2 aromatic rings. The van der Waals surface area contributed by atoms with E-state index in [0.29, 0.717) is 13.1 Å². The van der Waals surface area contributed by atoms with Crippen molar-refractivity contribution in [1.82, 2.24) is 9.80 Å². The first-order chi connectivity index (χ1) is 11.4. The van der Waals surface area contributed by atoms with Gasteiger partial charge in [-0.25, -0.2) is 0 Å². The second kappa shape index (κ2) is 6.81. The lowest BCUT2D eigenvalue weighted by atomic mass is 10.0. The highest BCUT2D eigenvalue weighted by atomic mass is 19.4. The van der Waals surface area contributed by atoms with Gasteiger partial charge in [0.15, 0.2) is 0 Å².